The summed E-state index contributed by atoms with van der Waals surface area (Å²) in [5, 5.41) is 4.07. The van der Waals surface area contributed by atoms with E-state index < -0.39 is 27.3 Å². The second-order valence-corrected chi connectivity index (χ2v) is 9.30. The third kappa shape index (κ3) is 4.02. The normalized spacial score (nSPS) is 12.2. The highest BCUT2D eigenvalue weighted by molar-refractivity contribution is 7.92. The molecule has 0 atom stereocenters. The van der Waals surface area contributed by atoms with Gasteiger partial charge < -0.3 is 0 Å². The molecule has 0 saturated heterocycles. The monoisotopic (exact) mass is 425 g/mol. The molecule has 9 heteroatoms. The largest absolute Gasteiger partial charge is 0.274 e. The number of nitrogens with one attached hydrogen (secondary N) is 1. The maximum atomic E-state index is 14.5. The Kier molecular flexibility index (Phi) is 5.20. The highest BCUT2D eigenvalue weighted by atomic mass is 35.5. The minimum absolute atomic E-state index is 0.0568. The van der Waals surface area contributed by atoms with Crippen molar-refractivity contribution in [2.45, 2.75) is 31.1 Å². The van der Waals surface area contributed by atoms with Crippen LogP contribution < -0.4 is 4.72 Å². The van der Waals surface area contributed by atoms with Crippen LogP contribution in [0.1, 0.15) is 26.3 Å². The van der Waals surface area contributed by atoms with Gasteiger partial charge in [-0.25, -0.2) is 21.9 Å². The van der Waals surface area contributed by atoms with Gasteiger partial charge in [0.1, 0.15) is 10.6 Å². The van der Waals surface area contributed by atoms with Gasteiger partial charge >= 0.3 is 0 Å². The van der Waals surface area contributed by atoms with Crippen LogP contribution in [0.5, 0.6) is 0 Å². The molecular formula is C19H18ClF2N3O2S. The van der Waals surface area contributed by atoms with Crippen molar-refractivity contribution >= 4 is 27.3 Å². The maximum Gasteiger partial charge on any atom is 0.263 e. The third-order valence-corrected chi connectivity index (χ3v) is 5.95. The summed E-state index contributed by atoms with van der Waals surface area (Å²) in [7, 11) is -4.27. The lowest BCUT2D eigenvalue weighted by Crippen LogP contribution is -2.16. The fraction of sp³-hybridized carbons (Fsp3) is 0.211. The van der Waals surface area contributed by atoms with Crippen molar-refractivity contribution in [2.75, 3.05) is 4.72 Å². The van der Waals surface area contributed by atoms with Crippen LogP contribution in [0.15, 0.2) is 53.7 Å². The number of benzene rings is 2. The number of anilines is 1. The van der Waals surface area contributed by atoms with Crippen LogP contribution in [0.25, 0.3) is 5.69 Å². The van der Waals surface area contributed by atoms with Crippen molar-refractivity contribution in [3.05, 3.63) is 71.0 Å². The van der Waals surface area contributed by atoms with Crippen LogP contribution in [0, 0.1) is 11.6 Å². The number of hydrogen-bond donors (Lipinski definition) is 1. The van der Waals surface area contributed by atoms with Gasteiger partial charge in [0.2, 0.25) is 0 Å². The zero-order chi connectivity index (χ0) is 20.7. The van der Waals surface area contributed by atoms with Crippen LogP contribution in [0.4, 0.5) is 14.5 Å². The average molecular weight is 426 g/mol. The second kappa shape index (κ2) is 7.18. The van der Waals surface area contributed by atoms with Crippen molar-refractivity contribution in [3.8, 4) is 5.69 Å². The van der Waals surface area contributed by atoms with Gasteiger partial charge in [0, 0.05) is 18.3 Å². The smallest absolute Gasteiger partial charge is 0.263 e. The fourth-order valence-electron chi connectivity index (χ4n) is 2.49. The number of sulfonamides is 1. The van der Waals surface area contributed by atoms with Gasteiger partial charge in [-0.15, -0.1) is 0 Å². The molecule has 0 bridgehead atoms. The predicted molar refractivity (Wildman–Crippen MR) is 104 cm³/mol. The molecule has 0 fully saturated rings. The molecule has 0 radical (unpaired) electrons. The van der Waals surface area contributed by atoms with E-state index in [1.807, 2.05) is 25.5 Å². The summed E-state index contributed by atoms with van der Waals surface area (Å²) in [6.07, 6.45) is 3.28. The third-order valence-electron chi connectivity index (χ3n) is 4.10. The number of aromatic nitrogens is 2. The zero-order valence-corrected chi connectivity index (χ0v) is 16.9. The van der Waals surface area contributed by atoms with Gasteiger partial charge in [-0.05, 0) is 23.1 Å². The summed E-state index contributed by atoms with van der Waals surface area (Å²) in [6, 6.07) is 7.64. The molecule has 2 aromatic carbocycles. The average Bonchev–Trinajstić information content (AvgIpc) is 3.08. The Morgan fingerprint density at radius 1 is 1.11 bits per heavy atom. The molecule has 0 aliphatic heterocycles. The Hall–Kier alpha value is -2.45. The van der Waals surface area contributed by atoms with Crippen molar-refractivity contribution in [1.82, 2.24) is 9.78 Å². The van der Waals surface area contributed by atoms with E-state index in [9.17, 15) is 17.2 Å². The van der Waals surface area contributed by atoms with Crippen molar-refractivity contribution in [2.24, 2.45) is 0 Å². The summed E-state index contributed by atoms with van der Waals surface area (Å²) >= 11 is 5.88. The Balaban J connectivity index is 1.97. The molecule has 0 unspecified atom stereocenters. The molecular weight excluding hydrogens is 408 g/mol. The van der Waals surface area contributed by atoms with Crippen LogP contribution in [0.2, 0.25) is 5.02 Å². The highest BCUT2D eigenvalue weighted by Crippen LogP contribution is 2.29. The van der Waals surface area contributed by atoms with Crippen LogP contribution >= 0.6 is 11.6 Å². The van der Waals surface area contributed by atoms with E-state index in [0.717, 1.165) is 17.7 Å². The molecule has 0 aliphatic rings. The van der Waals surface area contributed by atoms with E-state index in [0.29, 0.717) is 0 Å². The lowest BCUT2D eigenvalue weighted by Gasteiger charge is -2.15. The van der Waals surface area contributed by atoms with Gasteiger partial charge in [0.05, 0.1) is 16.9 Å². The van der Waals surface area contributed by atoms with Crippen molar-refractivity contribution in [3.63, 3.8) is 0 Å². The van der Waals surface area contributed by atoms with Gasteiger partial charge in [-0.3, -0.25) is 4.72 Å². The molecule has 0 spiro atoms. The van der Waals surface area contributed by atoms with Gasteiger partial charge in [-0.1, -0.05) is 44.5 Å². The van der Waals surface area contributed by atoms with E-state index in [2.05, 4.69) is 5.10 Å². The SMILES string of the molecule is CC(C)(C)c1cnn(-c2cc(F)c(NS(=O)(=O)c3ccccc3Cl)c(F)c2)c1. The lowest BCUT2D eigenvalue weighted by molar-refractivity contribution is 0.580. The molecule has 5 nitrogen and oxygen atoms in total. The predicted octanol–water partition coefficient (Wildman–Crippen LogP) is 4.90. The van der Waals surface area contributed by atoms with Crippen LogP contribution in [-0.4, -0.2) is 18.2 Å². The highest BCUT2D eigenvalue weighted by Gasteiger charge is 2.23. The first-order valence-corrected chi connectivity index (χ1v) is 10.2. The molecule has 1 N–H and O–H groups in total. The van der Waals surface area contributed by atoms with E-state index in [1.165, 1.54) is 22.9 Å². The molecule has 148 valence electrons. The topological polar surface area (TPSA) is 64.0 Å². The quantitative estimate of drug-likeness (QED) is 0.646. The van der Waals surface area contributed by atoms with Gasteiger partial charge in [0.15, 0.2) is 11.6 Å². The molecule has 1 aromatic heterocycles. The summed E-state index contributed by atoms with van der Waals surface area (Å²) in [4.78, 5) is -0.276. The van der Waals surface area contributed by atoms with Crippen LogP contribution in [0.3, 0.4) is 0 Å². The summed E-state index contributed by atoms with van der Waals surface area (Å²) < 4.78 is 57.2. The molecule has 3 aromatic rings. The Labute approximate surface area is 167 Å². The van der Waals surface area contributed by atoms with Crippen molar-refractivity contribution < 1.29 is 17.2 Å². The molecule has 0 aliphatic carbocycles. The van der Waals surface area contributed by atoms with Gasteiger partial charge in [0.25, 0.3) is 10.0 Å². The first kappa shape index (κ1) is 20.3. The van der Waals surface area contributed by atoms with Crippen LogP contribution in [-0.2, 0) is 15.4 Å². The van der Waals surface area contributed by atoms with E-state index in [-0.39, 0.29) is 21.0 Å². The zero-order valence-electron chi connectivity index (χ0n) is 15.4. The summed E-state index contributed by atoms with van der Waals surface area (Å²) in [5.41, 5.74) is 0.0507. The molecule has 0 amide bonds. The second-order valence-electron chi connectivity index (χ2n) is 7.24. The van der Waals surface area contributed by atoms with Crippen molar-refractivity contribution in [1.29, 1.82) is 0 Å². The minimum Gasteiger partial charge on any atom is -0.274 e. The van der Waals surface area contributed by atoms with E-state index in [1.54, 1.807) is 18.5 Å². The Bertz CT molecular complexity index is 1120. The standard InChI is InChI=1S/C19H18ClF2N3O2S/c1-19(2,3)12-10-23-25(11-12)13-8-15(21)18(16(22)9-13)24-28(26,27)17-7-5-4-6-14(17)20/h4-11,24H,1-3H3. The number of halogens is 3. The summed E-state index contributed by atoms with van der Waals surface area (Å²) in [5.74, 6) is -2.14. The molecule has 28 heavy (non-hydrogen) atoms. The maximum absolute atomic E-state index is 14.5. The molecule has 0 saturated carbocycles. The number of rotatable bonds is 4. The Morgan fingerprint density at radius 2 is 1.71 bits per heavy atom. The Morgan fingerprint density at radius 3 is 2.25 bits per heavy atom. The van der Waals surface area contributed by atoms with E-state index in [4.69, 9.17) is 11.6 Å². The number of nitrogens with zero attached hydrogens (tertiary/aromatic N) is 2. The first-order chi connectivity index (χ1) is 13.0. The molecule has 3 rings (SSSR count). The van der Waals surface area contributed by atoms with Gasteiger partial charge in [-0.2, -0.15) is 5.10 Å². The number of hydrogen-bond acceptors (Lipinski definition) is 3. The van der Waals surface area contributed by atoms with E-state index >= 15 is 0 Å². The summed E-state index contributed by atoms with van der Waals surface area (Å²) in [6.45, 7) is 5.96. The first-order valence-electron chi connectivity index (χ1n) is 8.31. The molecule has 1 heterocycles. The fourth-order valence-corrected chi connectivity index (χ4v) is 4.09. The minimum atomic E-state index is -4.27. The lowest BCUT2D eigenvalue weighted by atomic mass is 9.90.